The second-order valence-electron chi connectivity index (χ2n) is 7.74. The number of aryl methyl sites for hydroxylation is 1. The minimum Gasteiger partial charge on any atom is -0.465 e. The van der Waals surface area contributed by atoms with E-state index in [1.807, 2.05) is 42.6 Å². The normalized spacial score (nSPS) is 11.7. The van der Waals surface area contributed by atoms with E-state index in [9.17, 15) is 18.0 Å². The number of H-pyrrole nitrogens is 1. The minimum atomic E-state index is -4.16. The Morgan fingerprint density at radius 2 is 1.85 bits per heavy atom. The number of carbonyl (C=O) groups excluding carboxylic acids is 1. The number of thiophene rings is 1. The van der Waals surface area contributed by atoms with Gasteiger partial charge in [0.1, 0.15) is 0 Å². The molecule has 0 unspecified atom stereocenters. The molecule has 2 aromatic heterocycles. The molecule has 7 nitrogen and oxygen atoms in total. The van der Waals surface area contributed by atoms with E-state index >= 15 is 0 Å². The van der Waals surface area contributed by atoms with Crippen LogP contribution in [0, 0.1) is 0 Å². The number of fused-ring (bicyclic) bond motifs is 1. The number of nitrogens with zero attached hydrogens (tertiary/aromatic N) is 1. The number of rotatable bonds is 8. The molecule has 0 radical (unpaired) electrons. The molecule has 0 atom stereocenters. The summed E-state index contributed by atoms with van der Waals surface area (Å²) in [5, 5.41) is 2.69. The first-order chi connectivity index (χ1) is 16.3. The molecule has 4 rings (SSSR count). The van der Waals surface area contributed by atoms with Gasteiger partial charge in [-0.05, 0) is 59.1 Å². The molecule has 34 heavy (non-hydrogen) atoms. The second-order valence-corrected chi connectivity index (χ2v) is 10.7. The number of aromatic amines is 1. The van der Waals surface area contributed by atoms with Gasteiger partial charge in [0.15, 0.2) is 0 Å². The van der Waals surface area contributed by atoms with Crippen molar-refractivity contribution in [1.82, 2.24) is 9.29 Å². The van der Waals surface area contributed by atoms with Crippen molar-refractivity contribution < 1.29 is 17.9 Å². The molecule has 4 aromatic rings. The van der Waals surface area contributed by atoms with Crippen LogP contribution in [0.2, 0.25) is 0 Å². The number of ether oxygens (including phenoxy) is 1. The van der Waals surface area contributed by atoms with Crippen molar-refractivity contribution in [2.75, 3.05) is 7.11 Å². The highest BCUT2D eigenvalue weighted by molar-refractivity contribution is 7.89. The molecule has 0 fully saturated rings. The lowest BCUT2D eigenvalue weighted by Crippen LogP contribution is -2.33. The number of carbonyl (C=O) groups is 1. The van der Waals surface area contributed by atoms with Crippen LogP contribution in [0.5, 0.6) is 0 Å². The van der Waals surface area contributed by atoms with Gasteiger partial charge in [0.2, 0.25) is 10.0 Å². The van der Waals surface area contributed by atoms with Crippen LogP contribution in [0.25, 0.3) is 10.9 Å². The van der Waals surface area contributed by atoms with Crippen molar-refractivity contribution in [3.63, 3.8) is 0 Å². The van der Waals surface area contributed by atoms with Crippen LogP contribution >= 0.6 is 11.3 Å². The Morgan fingerprint density at radius 3 is 2.56 bits per heavy atom. The van der Waals surface area contributed by atoms with Crippen LogP contribution in [0.3, 0.4) is 0 Å². The van der Waals surface area contributed by atoms with Crippen LogP contribution in [0.1, 0.15) is 33.3 Å². The van der Waals surface area contributed by atoms with Crippen molar-refractivity contribution >= 4 is 38.2 Å². The Kier molecular flexibility index (Phi) is 6.97. The lowest BCUT2D eigenvalue weighted by atomic mass is 10.1. The number of aromatic nitrogens is 1. The van der Waals surface area contributed by atoms with E-state index in [0.717, 1.165) is 22.2 Å². The quantitative estimate of drug-likeness (QED) is 0.366. The highest BCUT2D eigenvalue weighted by atomic mass is 32.2. The summed E-state index contributed by atoms with van der Waals surface area (Å²) < 4.78 is 33.6. The van der Waals surface area contributed by atoms with Gasteiger partial charge < -0.3 is 9.72 Å². The number of nitrogens with one attached hydrogen (secondary N) is 1. The summed E-state index contributed by atoms with van der Waals surface area (Å²) >= 11 is 1.42. The fraction of sp³-hybridized carbons (Fsp3) is 0.200. The zero-order valence-electron chi connectivity index (χ0n) is 18.8. The number of hydrogen-bond donors (Lipinski definition) is 1. The number of methoxy groups -OCH3 is 1. The first-order valence-electron chi connectivity index (χ1n) is 10.7. The van der Waals surface area contributed by atoms with Gasteiger partial charge in [-0.3, -0.25) is 4.79 Å². The van der Waals surface area contributed by atoms with Crippen molar-refractivity contribution in [3.05, 3.63) is 98.0 Å². The molecule has 0 aliphatic carbocycles. The largest absolute Gasteiger partial charge is 0.465 e. The highest BCUT2D eigenvalue weighted by Crippen LogP contribution is 2.26. The van der Waals surface area contributed by atoms with Crippen molar-refractivity contribution in [2.24, 2.45) is 0 Å². The van der Waals surface area contributed by atoms with Gasteiger partial charge in [0.05, 0.1) is 17.6 Å². The van der Waals surface area contributed by atoms with Crippen LogP contribution in [-0.4, -0.2) is 30.8 Å². The highest BCUT2D eigenvalue weighted by Gasteiger charge is 2.30. The molecular weight excluding hydrogens is 472 g/mol. The van der Waals surface area contributed by atoms with E-state index < -0.39 is 16.0 Å². The third kappa shape index (κ3) is 4.82. The maximum absolute atomic E-state index is 13.8. The number of sulfonamides is 1. The Labute approximate surface area is 201 Å². The molecule has 1 N–H and O–H groups in total. The molecule has 0 amide bonds. The molecule has 0 spiro atoms. The third-order valence-corrected chi connectivity index (χ3v) is 8.27. The first-order valence-corrected chi connectivity index (χ1v) is 13.0. The molecule has 0 bridgehead atoms. The van der Waals surface area contributed by atoms with Gasteiger partial charge in [0.25, 0.3) is 5.56 Å². The molecule has 0 saturated carbocycles. The predicted octanol–water partition coefficient (Wildman–Crippen LogP) is 4.33. The molecule has 0 saturated heterocycles. The SMILES string of the molecule is CCc1ccc2[nH]c(=O)c(CN(Cc3cccs3)S(=O)(=O)c3ccccc3C(=O)OC)cc2c1. The summed E-state index contributed by atoms with van der Waals surface area (Å²) in [6.07, 6.45) is 0.841. The fourth-order valence-electron chi connectivity index (χ4n) is 3.74. The van der Waals surface area contributed by atoms with E-state index in [2.05, 4.69) is 4.98 Å². The van der Waals surface area contributed by atoms with Crippen molar-refractivity contribution in [2.45, 2.75) is 31.3 Å². The maximum Gasteiger partial charge on any atom is 0.339 e. The Bertz CT molecular complexity index is 1490. The zero-order valence-corrected chi connectivity index (χ0v) is 20.4. The molecule has 9 heteroatoms. The Morgan fingerprint density at radius 1 is 1.06 bits per heavy atom. The van der Waals surface area contributed by atoms with Gasteiger partial charge >= 0.3 is 5.97 Å². The lowest BCUT2D eigenvalue weighted by molar-refractivity contribution is 0.0596. The van der Waals surface area contributed by atoms with Gasteiger partial charge in [0, 0.05) is 29.0 Å². The molecule has 2 heterocycles. The minimum absolute atomic E-state index is 0.0545. The summed E-state index contributed by atoms with van der Waals surface area (Å²) in [4.78, 5) is 28.6. The smallest absolute Gasteiger partial charge is 0.339 e. The molecule has 2 aromatic carbocycles. The van der Waals surface area contributed by atoms with E-state index in [1.165, 1.54) is 34.9 Å². The van der Waals surface area contributed by atoms with Crippen molar-refractivity contribution in [3.8, 4) is 0 Å². The predicted molar refractivity (Wildman–Crippen MR) is 132 cm³/mol. The Hall–Kier alpha value is -3.27. The monoisotopic (exact) mass is 496 g/mol. The molecule has 0 aliphatic heterocycles. The Balaban J connectivity index is 1.81. The lowest BCUT2D eigenvalue weighted by Gasteiger charge is -2.23. The summed E-state index contributed by atoms with van der Waals surface area (Å²) in [7, 11) is -2.95. The third-order valence-electron chi connectivity index (χ3n) is 5.56. The molecule has 176 valence electrons. The first kappa shape index (κ1) is 23.9. The van der Waals surface area contributed by atoms with Crippen molar-refractivity contribution in [1.29, 1.82) is 0 Å². The fourth-order valence-corrected chi connectivity index (χ4v) is 6.12. The standard InChI is InChI=1S/C25H24N2O5S2/c1-3-17-10-11-22-18(13-17)14-19(24(28)26-22)15-27(16-20-7-6-12-33-20)34(30,31)23-9-5-4-8-21(23)25(29)32-2/h4-14H,3,15-16H2,1-2H3,(H,26,28). The summed E-state index contributed by atoms with van der Waals surface area (Å²) in [5.41, 5.74) is 1.71. The maximum atomic E-state index is 13.8. The van der Waals surface area contributed by atoms with E-state index in [1.54, 1.807) is 18.2 Å². The van der Waals surface area contributed by atoms with E-state index in [4.69, 9.17) is 4.74 Å². The zero-order chi connectivity index (χ0) is 24.3. The van der Waals surface area contributed by atoms with Crippen LogP contribution in [0.4, 0.5) is 0 Å². The number of benzene rings is 2. The summed E-state index contributed by atoms with van der Waals surface area (Å²) in [5.74, 6) is -0.745. The molecular formula is C25H24N2O5S2. The second kappa shape index (κ2) is 9.92. The summed E-state index contributed by atoms with van der Waals surface area (Å²) in [6, 6.07) is 17.1. The van der Waals surface area contributed by atoms with Gasteiger partial charge in [-0.15, -0.1) is 11.3 Å². The average molecular weight is 497 g/mol. The average Bonchev–Trinajstić information content (AvgIpc) is 3.36. The number of hydrogen-bond acceptors (Lipinski definition) is 6. The number of pyridine rings is 1. The van der Waals surface area contributed by atoms with Crippen LogP contribution < -0.4 is 5.56 Å². The van der Waals surface area contributed by atoms with Gasteiger partial charge in [-0.2, -0.15) is 4.31 Å². The number of esters is 1. The van der Waals surface area contributed by atoms with Crippen LogP contribution in [-0.2, 0) is 34.3 Å². The van der Waals surface area contributed by atoms with Gasteiger partial charge in [-0.25, -0.2) is 13.2 Å². The van der Waals surface area contributed by atoms with E-state index in [-0.39, 0.29) is 29.1 Å². The molecule has 0 aliphatic rings. The van der Waals surface area contributed by atoms with Crippen LogP contribution in [0.15, 0.2) is 75.7 Å². The van der Waals surface area contributed by atoms with Gasteiger partial charge in [-0.1, -0.05) is 31.2 Å². The summed E-state index contributed by atoms with van der Waals surface area (Å²) in [6.45, 7) is 1.95. The topological polar surface area (TPSA) is 96.5 Å². The van der Waals surface area contributed by atoms with E-state index in [0.29, 0.717) is 11.1 Å².